The normalized spacial score (nSPS) is 36.4. The molecule has 17 heavy (non-hydrogen) atoms. The largest absolute Gasteiger partial charge is 0.354 e. The quantitative estimate of drug-likeness (QED) is 0.720. The standard InChI is InChI=1S/C15H17NO/c1-2-5-12(6-3-1)14-11-17-15(13-7-8-13)9-4-10-16(14)15/h1-6,9,13-14H,7-8,10-11H2/t14-,15+/m1/s1. The molecule has 2 heteroatoms. The molecule has 4 rings (SSSR count). The molecule has 0 bridgehead atoms. The fourth-order valence-corrected chi connectivity index (χ4v) is 3.31. The van der Waals surface area contributed by atoms with Crippen LogP contribution in [0.2, 0.25) is 0 Å². The Kier molecular flexibility index (Phi) is 1.99. The molecule has 2 fully saturated rings. The van der Waals surface area contributed by atoms with Gasteiger partial charge in [0.15, 0.2) is 0 Å². The van der Waals surface area contributed by atoms with Gasteiger partial charge in [-0.3, -0.25) is 4.90 Å². The van der Waals surface area contributed by atoms with Crippen molar-refractivity contribution in [3.63, 3.8) is 0 Å². The van der Waals surface area contributed by atoms with Gasteiger partial charge in [-0.1, -0.05) is 36.4 Å². The van der Waals surface area contributed by atoms with E-state index in [0.29, 0.717) is 6.04 Å². The van der Waals surface area contributed by atoms with Crippen LogP contribution in [0.5, 0.6) is 0 Å². The lowest BCUT2D eigenvalue weighted by Crippen LogP contribution is -2.42. The van der Waals surface area contributed by atoms with Crippen LogP contribution in [-0.4, -0.2) is 23.8 Å². The molecule has 0 spiro atoms. The molecule has 0 aromatic heterocycles. The minimum Gasteiger partial charge on any atom is -0.354 e. The third-order valence-electron chi connectivity index (χ3n) is 4.30. The average molecular weight is 227 g/mol. The smallest absolute Gasteiger partial charge is 0.144 e. The van der Waals surface area contributed by atoms with E-state index in [4.69, 9.17) is 4.74 Å². The van der Waals surface area contributed by atoms with Crippen LogP contribution in [0.4, 0.5) is 0 Å². The van der Waals surface area contributed by atoms with Crippen molar-refractivity contribution < 1.29 is 4.74 Å². The van der Waals surface area contributed by atoms with Crippen molar-refractivity contribution in [1.82, 2.24) is 4.90 Å². The molecule has 88 valence electrons. The number of ether oxygens (including phenoxy) is 1. The Hall–Kier alpha value is -1.12. The van der Waals surface area contributed by atoms with E-state index < -0.39 is 0 Å². The lowest BCUT2D eigenvalue weighted by Gasteiger charge is -2.32. The van der Waals surface area contributed by atoms with Gasteiger partial charge in [-0.25, -0.2) is 0 Å². The molecule has 0 amide bonds. The highest BCUT2D eigenvalue weighted by Gasteiger charge is 2.56. The van der Waals surface area contributed by atoms with Crippen molar-refractivity contribution in [1.29, 1.82) is 0 Å². The highest BCUT2D eigenvalue weighted by Crippen LogP contribution is 2.53. The Morgan fingerprint density at radius 3 is 2.76 bits per heavy atom. The second-order valence-electron chi connectivity index (χ2n) is 5.32. The van der Waals surface area contributed by atoms with Crippen molar-refractivity contribution in [2.24, 2.45) is 5.92 Å². The van der Waals surface area contributed by atoms with Crippen LogP contribution in [0.25, 0.3) is 0 Å². The Labute approximate surface area is 102 Å². The summed E-state index contributed by atoms with van der Waals surface area (Å²) in [7, 11) is 0. The van der Waals surface area contributed by atoms with E-state index in [1.807, 2.05) is 0 Å². The number of hydrogen-bond acceptors (Lipinski definition) is 2. The zero-order valence-corrected chi connectivity index (χ0v) is 9.88. The summed E-state index contributed by atoms with van der Waals surface area (Å²) in [4.78, 5) is 2.54. The minimum atomic E-state index is -0.0551. The summed E-state index contributed by atoms with van der Waals surface area (Å²) in [6, 6.07) is 11.2. The molecular formula is C15H17NO. The third kappa shape index (κ3) is 1.34. The minimum absolute atomic E-state index is 0.0551. The molecule has 1 aromatic carbocycles. The molecule has 1 aliphatic carbocycles. The maximum absolute atomic E-state index is 6.19. The molecule has 0 N–H and O–H groups in total. The fraction of sp³-hybridized carbons (Fsp3) is 0.467. The molecule has 1 aromatic rings. The molecule has 2 nitrogen and oxygen atoms in total. The summed E-state index contributed by atoms with van der Waals surface area (Å²) < 4.78 is 6.19. The van der Waals surface area contributed by atoms with Gasteiger partial charge in [-0.05, 0) is 24.5 Å². The van der Waals surface area contributed by atoms with Gasteiger partial charge < -0.3 is 4.74 Å². The summed E-state index contributed by atoms with van der Waals surface area (Å²) in [5.74, 6) is 0.731. The molecule has 2 heterocycles. The van der Waals surface area contributed by atoms with E-state index in [1.54, 1.807) is 0 Å². The predicted molar refractivity (Wildman–Crippen MR) is 66.4 cm³/mol. The van der Waals surface area contributed by atoms with Gasteiger partial charge in [0, 0.05) is 12.5 Å². The fourth-order valence-electron chi connectivity index (χ4n) is 3.31. The summed E-state index contributed by atoms with van der Waals surface area (Å²) >= 11 is 0. The van der Waals surface area contributed by atoms with Crippen LogP contribution in [0.1, 0.15) is 24.4 Å². The second kappa shape index (κ2) is 3.44. The van der Waals surface area contributed by atoms with Crippen molar-refractivity contribution in [3.05, 3.63) is 48.0 Å². The SMILES string of the molecule is C1=C[C@@]2(C3CC3)OC[C@H](c3ccccc3)N2C1. The molecule has 1 saturated carbocycles. The summed E-state index contributed by atoms with van der Waals surface area (Å²) in [6.45, 7) is 1.88. The Morgan fingerprint density at radius 1 is 1.18 bits per heavy atom. The van der Waals surface area contributed by atoms with E-state index in [9.17, 15) is 0 Å². The van der Waals surface area contributed by atoms with Crippen molar-refractivity contribution >= 4 is 0 Å². The molecule has 2 aliphatic heterocycles. The first-order valence-corrected chi connectivity index (χ1v) is 6.53. The number of nitrogens with zero attached hydrogens (tertiary/aromatic N) is 1. The van der Waals surface area contributed by atoms with E-state index >= 15 is 0 Å². The van der Waals surface area contributed by atoms with Gasteiger partial charge in [0.05, 0.1) is 12.6 Å². The average Bonchev–Trinajstić information content (AvgIpc) is 3.04. The third-order valence-corrected chi connectivity index (χ3v) is 4.30. The second-order valence-corrected chi connectivity index (χ2v) is 5.32. The number of rotatable bonds is 2. The van der Waals surface area contributed by atoms with Crippen LogP contribution in [0.15, 0.2) is 42.5 Å². The van der Waals surface area contributed by atoms with Crippen LogP contribution >= 0.6 is 0 Å². The Balaban J connectivity index is 1.69. The van der Waals surface area contributed by atoms with Gasteiger partial charge >= 0.3 is 0 Å². The maximum Gasteiger partial charge on any atom is 0.144 e. The first-order chi connectivity index (χ1) is 8.40. The van der Waals surface area contributed by atoms with Crippen LogP contribution < -0.4 is 0 Å². The zero-order chi connectivity index (χ0) is 11.3. The lowest BCUT2D eigenvalue weighted by atomic mass is 10.0. The highest BCUT2D eigenvalue weighted by molar-refractivity contribution is 5.27. The molecule has 1 saturated heterocycles. The van der Waals surface area contributed by atoms with Crippen molar-refractivity contribution in [2.75, 3.05) is 13.2 Å². The summed E-state index contributed by atoms with van der Waals surface area (Å²) in [6.07, 6.45) is 7.21. The van der Waals surface area contributed by atoms with Gasteiger partial charge in [0.25, 0.3) is 0 Å². The highest BCUT2D eigenvalue weighted by atomic mass is 16.5. The number of hydrogen-bond donors (Lipinski definition) is 0. The van der Waals surface area contributed by atoms with Crippen LogP contribution in [0.3, 0.4) is 0 Å². The van der Waals surface area contributed by atoms with Gasteiger partial charge in [-0.15, -0.1) is 0 Å². The van der Waals surface area contributed by atoms with E-state index in [0.717, 1.165) is 19.1 Å². The topological polar surface area (TPSA) is 12.5 Å². The molecular weight excluding hydrogens is 210 g/mol. The molecule has 2 atom stereocenters. The van der Waals surface area contributed by atoms with Crippen LogP contribution in [-0.2, 0) is 4.74 Å². The zero-order valence-electron chi connectivity index (χ0n) is 9.88. The first-order valence-electron chi connectivity index (χ1n) is 6.53. The summed E-state index contributed by atoms with van der Waals surface area (Å²) in [5.41, 5.74) is 1.33. The van der Waals surface area contributed by atoms with Gasteiger partial charge in [-0.2, -0.15) is 0 Å². The molecule has 0 radical (unpaired) electrons. The Bertz CT molecular complexity index is 451. The molecule has 0 unspecified atom stereocenters. The lowest BCUT2D eigenvalue weighted by molar-refractivity contribution is -0.0470. The van der Waals surface area contributed by atoms with Crippen molar-refractivity contribution in [2.45, 2.75) is 24.6 Å². The van der Waals surface area contributed by atoms with Gasteiger partial charge in [0.2, 0.25) is 0 Å². The molecule has 3 aliphatic rings. The predicted octanol–water partition coefficient (Wildman–Crippen LogP) is 2.74. The monoisotopic (exact) mass is 227 g/mol. The van der Waals surface area contributed by atoms with E-state index in [-0.39, 0.29) is 5.72 Å². The maximum atomic E-state index is 6.19. The van der Waals surface area contributed by atoms with Gasteiger partial charge in [0.1, 0.15) is 5.72 Å². The van der Waals surface area contributed by atoms with Crippen molar-refractivity contribution in [3.8, 4) is 0 Å². The number of fused-ring (bicyclic) bond motifs is 1. The van der Waals surface area contributed by atoms with E-state index in [1.165, 1.54) is 18.4 Å². The first kappa shape index (κ1) is 9.86. The Morgan fingerprint density at radius 2 is 2.00 bits per heavy atom. The van der Waals surface area contributed by atoms with Crippen LogP contribution in [0, 0.1) is 5.92 Å². The van der Waals surface area contributed by atoms with E-state index in [2.05, 4.69) is 47.4 Å². The summed E-state index contributed by atoms with van der Waals surface area (Å²) in [5, 5.41) is 0. The number of benzene rings is 1.